The molecule has 1 aliphatic heterocycles. The first kappa shape index (κ1) is 15.6. The van der Waals surface area contributed by atoms with E-state index in [4.69, 9.17) is 11.5 Å². The molecule has 2 heterocycles. The minimum Gasteiger partial charge on any atom is -0.383 e. The summed E-state index contributed by atoms with van der Waals surface area (Å²) in [6.45, 7) is 3.91. The Bertz CT molecular complexity index is 731. The molecular weight excluding hydrogens is 310 g/mol. The summed E-state index contributed by atoms with van der Waals surface area (Å²) < 4.78 is 0. The van der Waals surface area contributed by atoms with Crippen LogP contribution in [0, 0.1) is 0 Å². The van der Waals surface area contributed by atoms with Crippen molar-refractivity contribution in [2.45, 2.75) is 36.7 Å². The molecule has 2 aromatic rings. The van der Waals surface area contributed by atoms with Crippen molar-refractivity contribution >= 4 is 35.0 Å². The average molecular weight is 329 g/mol. The molecule has 23 heavy (non-hydrogen) atoms. The molecule has 1 amide bonds. The number of hydrogen-bond acceptors (Lipinski definition) is 6. The van der Waals surface area contributed by atoms with Crippen LogP contribution in [0.15, 0.2) is 35.5 Å². The summed E-state index contributed by atoms with van der Waals surface area (Å²) >= 11 is 1.27. The second-order valence-electron chi connectivity index (χ2n) is 5.65. The van der Waals surface area contributed by atoms with Crippen LogP contribution in [0.2, 0.25) is 0 Å². The molecule has 1 aliphatic rings. The number of rotatable bonds is 3. The van der Waals surface area contributed by atoms with Gasteiger partial charge in [0.2, 0.25) is 5.91 Å². The van der Waals surface area contributed by atoms with E-state index in [2.05, 4.69) is 23.0 Å². The molecule has 1 aromatic carbocycles. The summed E-state index contributed by atoms with van der Waals surface area (Å²) in [5.74, 6) is 0.649. The van der Waals surface area contributed by atoms with E-state index in [9.17, 15) is 4.79 Å². The monoisotopic (exact) mass is 329 g/mol. The van der Waals surface area contributed by atoms with Crippen LogP contribution >= 0.6 is 11.8 Å². The Labute approximate surface area is 139 Å². The van der Waals surface area contributed by atoms with Crippen LogP contribution in [0.4, 0.5) is 17.3 Å². The zero-order chi connectivity index (χ0) is 16.6. The second-order valence-corrected chi connectivity index (χ2v) is 6.96. The predicted octanol–water partition coefficient (Wildman–Crippen LogP) is 2.10. The van der Waals surface area contributed by atoms with Gasteiger partial charge in [-0.25, -0.2) is 9.97 Å². The number of thioether (sulfide) groups is 1. The number of benzene rings is 1. The van der Waals surface area contributed by atoms with Gasteiger partial charge in [-0.15, -0.1) is 0 Å². The number of nitrogen functional groups attached to an aromatic ring is 2. The second kappa shape index (κ2) is 6.08. The summed E-state index contributed by atoms with van der Waals surface area (Å²) in [4.78, 5) is 23.0. The summed E-state index contributed by atoms with van der Waals surface area (Å²) in [5, 5.41) is 0.0910. The number of amides is 1. The zero-order valence-corrected chi connectivity index (χ0v) is 13.9. The summed E-state index contributed by atoms with van der Waals surface area (Å²) in [7, 11) is 0. The number of fused-ring (bicyclic) bond motifs is 1. The van der Waals surface area contributed by atoms with E-state index in [1.54, 1.807) is 0 Å². The van der Waals surface area contributed by atoms with E-state index in [1.165, 1.54) is 23.4 Å². The molecule has 0 radical (unpaired) electrons. The van der Waals surface area contributed by atoms with Gasteiger partial charge in [-0.1, -0.05) is 30.0 Å². The molecule has 0 bridgehead atoms. The Morgan fingerprint density at radius 2 is 1.96 bits per heavy atom. The lowest BCUT2D eigenvalue weighted by atomic mass is 10.1. The maximum Gasteiger partial charge on any atom is 0.240 e. The molecular formula is C16H19N5OS. The van der Waals surface area contributed by atoms with Crippen LogP contribution in [0.3, 0.4) is 0 Å². The maximum absolute atomic E-state index is 12.9. The lowest BCUT2D eigenvalue weighted by Gasteiger charge is -2.25. The summed E-state index contributed by atoms with van der Waals surface area (Å²) in [5.41, 5.74) is 13.6. The molecule has 6 nitrogen and oxygen atoms in total. The number of carbonyl (C=O) groups excluding carboxylic acids is 1. The van der Waals surface area contributed by atoms with E-state index < -0.39 is 0 Å². The van der Waals surface area contributed by atoms with Crippen molar-refractivity contribution in [3.8, 4) is 0 Å². The summed E-state index contributed by atoms with van der Waals surface area (Å²) in [6.07, 6.45) is 0.876. The number of aromatic nitrogens is 2. The molecule has 0 saturated carbocycles. The van der Waals surface area contributed by atoms with E-state index in [1.807, 2.05) is 30.0 Å². The van der Waals surface area contributed by atoms with Crippen molar-refractivity contribution < 1.29 is 4.79 Å². The van der Waals surface area contributed by atoms with Crippen molar-refractivity contribution in [3.05, 3.63) is 35.9 Å². The zero-order valence-electron chi connectivity index (χ0n) is 13.1. The molecule has 1 aromatic heterocycles. The fourth-order valence-corrected chi connectivity index (χ4v) is 3.67. The minimum atomic E-state index is -0.329. The van der Waals surface area contributed by atoms with Gasteiger partial charge in [0.05, 0.1) is 5.25 Å². The van der Waals surface area contributed by atoms with Gasteiger partial charge in [0.1, 0.15) is 11.6 Å². The number of para-hydroxylation sites is 1. The third kappa shape index (κ3) is 3.10. The first-order chi connectivity index (χ1) is 11.0. The average Bonchev–Trinajstić information content (AvgIpc) is 2.81. The van der Waals surface area contributed by atoms with Crippen LogP contribution in [-0.4, -0.2) is 27.2 Å². The van der Waals surface area contributed by atoms with Crippen LogP contribution in [0.1, 0.15) is 19.4 Å². The fraction of sp³-hybridized carbons (Fsp3) is 0.312. The molecule has 7 heteroatoms. The number of carbonyl (C=O) groups is 1. The Hall–Kier alpha value is -2.28. The Morgan fingerprint density at radius 3 is 2.65 bits per heavy atom. The number of nitrogens with zero attached hydrogens (tertiary/aromatic N) is 3. The van der Waals surface area contributed by atoms with Crippen molar-refractivity contribution in [2.24, 2.45) is 0 Å². The summed E-state index contributed by atoms with van der Waals surface area (Å²) in [6, 6.07) is 9.66. The van der Waals surface area contributed by atoms with Gasteiger partial charge in [0.25, 0.3) is 0 Å². The normalized spacial score (nSPS) is 17.8. The largest absolute Gasteiger partial charge is 0.383 e. The van der Waals surface area contributed by atoms with E-state index in [-0.39, 0.29) is 17.2 Å². The van der Waals surface area contributed by atoms with Gasteiger partial charge < -0.3 is 16.4 Å². The van der Waals surface area contributed by atoms with Crippen molar-refractivity contribution in [1.29, 1.82) is 0 Å². The topological polar surface area (TPSA) is 98.1 Å². The number of nitrogens with two attached hydrogens (primary N) is 2. The quantitative estimate of drug-likeness (QED) is 0.661. The van der Waals surface area contributed by atoms with E-state index in [0.29, 0.717) is 16.8 Å². The number of hydrogen-bond donors (Lipinski definition) is 2. The Balaban J connectivity index is 1.80. The molecule has 2 atom stereocenters. The molecule has 120 valence electrons. The van der Waals surface area contributed by atoms with Crippen molar-refractivity contribution in [2.75, 3.05) is 16.4 Å². The van der Waals surface area contributed by atoms with Gasteiger partial charge in [0.15, 0.2) is 5.16 Å². The van der Waals surface area contributed by atoms with Crippen LogP contribution in [0.25, 0.3) is 0 Å². The smallest absolute Gasteiger partial charge is 0.240 e. The van der Waals surface area contributed by atoms with Gasteiger partial charge in [0, 0.05) is 17.8 Å². The molecule has 4 N–H and O–H groups in total. The minimum absolute atomic E-state index is 0.0389. The number of anilines is 3. The van der Waals surface area contributed by atoms with Gasteiger partial charge in [-0.05, 0) is 31.9 Å². The van der Waals surface area contributed by atoms with Gasteiger partial charge in [-0.3, -0.25) is 4.79 Å². The van der Waals surface area contributed by atoms with Crippen LogP contribution in [0.5, 0.6) is 0 Å². The lowest BCUT2D eigenvalue weighted by molar-refractivity contribution is -0.118. The van der Waals surface area contributed by atoms with E-state index >= 15 is 0 Å². The van der Waals surface area contributed by atoms with Gasteiger partial charge >= 0.3 is 0 Å². The first-order valence-corrected chi connectivity index (χ1v) is 8.31. The third-order valence-corrected chi connectivity index (χ3v) is 4.77. The lowest BCUT2D eigenvalue weighted by Crippen LogP contribution is -2.40. The predicted molar refractivity (Wildman–Crippen MR) is 93.3 cm³/mol. The molecule has 0 spiro atoms. The highest BCUT2D eigenvalue weighted by Gasteiger charge is 2.33. The highest BCUT2D eigenvalue weighted by atomic mass is 32.2. The van der Waals surface area contributed by atoms with Crippen LogP contribution < -0.4 is 16.4 Å². The molecule has 3 rings (SSSR count). The molecule has 0 aliphatic carbocycles. The fourth-order valence-electron chi connectivity index (χ4n) is 2.82. The van der Waals surface area contributed by atoms with Gasteiger partial charge in [-0.2, -0.15) is 0 Å². The van der Waals surface area contributed by atoms with Crippen molar-refractivity contribution in [3.63, 3.8) is 0 Å². The standard InChI is InChI=1S/C16H19N5OS/c1-9-7-11-5-3-4-6-12(11)21(9)15(22)10(2)23-16-19-13(17)8-14(18)20-16/h3-6,8-10H,7H2,1-2H3,(H4,17,18,19,20)/t9-,10-/m0/s1. The van der Waals surface area contributed by atoms with Crippen molar-refractivity contribution in [1.82, 2.24) is 9.97 Å². The molecule has 0 unspecified atom stereocenters. The maximum atomic E-state index is 12.9. The highest BCUT2D eigenvalue weighted by Crippen LogP contribution is 2.34. The first-order valence-electron chi connectivity index (χ1n) is 7.43. The third-order valence-electron chi connectivity index (χ3n) is 3.82. The van der Waals surface area contributed by atoms with Crippen LogP contribution in [-0.2, 0) is 11.2 Å². The SMILES string of the molecule is C[C@H](Sc1nc(N)cc(N)n1)C(=O)N1c2ccccc2C[C@@H]1C. The molecule has 0 saturated heterocycles. The highest BCUT2D eigenvalue weighted by molar-refractivity contribution is 8.00. The Morgan fingerprint density at radius 1 is 1.30 bits per heavy atom. The Kier molecular flexibility index (Phi) is 4.12. The molecule has 0 fully saturated rings. The van der Waals surface area contributed by atoms with E-state index in [0.717, 1.165) is 12.1 Å².